The molecule has 3 nitrogen and oxygen atoms in total. The number of hydrogen-bond acceptors (Lipinski definition) is 1. The van der Waals surface area contributed by atoms with Gasteiger partial charge >= 0.3 is 0 Å². The quantitative estimate of drug-likeness (QED) is 0.630. The third-order valence-corrected chi connectivity index (χ3v) is 3.93. The second-order valence-corrected chi connectivity index (χ2v) is 5.45. The van der Waals surface area contributed by atoms with Gasteiger partial charge in [0.25, 0.3) is 0 Å². The Morgan fingerprint density at radius 3 is 2.58 bits per heavy atom. The molecule has 0 aliphatic heterocycles. The van der Waals surface area contributed by atoms with Crippen LogP contribution in [-0.2, 0) is 5.41 Å². The Kier molecular flexibility index (Phi) is 4.46. The van der Waals surface area contributed by atoms with E-state index >= 15 is 0 Å². The van der Waals surface area contributed by atoms with Crippen molar-refractivity contribution in [1.29, 1.82) is 0 Å². The smallest absolute Gasteiger partial charge is 0.191 e. The summed E-state index contributed by atoms with van der Waals surface area (Å²) in [5.74, 6) is 0.918. The van der Waals surface area contributed by atoms with Gasteiger partial charge in [0.1, 0.15) is 0 Å². The maximum atomic E-state index is 4.27. The second kappa shape index (κ2) is 6.09. The lowest BCUT2D eigenvalue weighted by Gasteiger charge is -2.20. The zero-order valence-electron chi connectivity index (χ0n) is 12.3. The summed E-state index contributed by atoms with van der Waals surface area (Å²) in [7, 11) is 1.83. The van der Waals surface area contributed by atoms with Crippen LogP contribution in [0, 0.1) is 6.92 Å². The molecule has 1 aromatic rings. The number of rotatable bonds is 5. The van der Waals surface area contributed by atoms with E-state index < -0.39 is 0 Å². The summed E-state index contributed by atoms with van der Waals surface area (Å²) in [6.07, 6.45) is 3.66. The molecule has 1 aliphatic carbocycles. The summed E-state index contributed by atoms with van der Waals surface area (Å²) in [6, 6.07) is 8.74. The number of nitrogens with one attached hydrogen (secondary N) is 2. The number of aliphatic imine (C=N–C) groups is 1. The maximum absolute atomic E-state index is 4.27. The number of guanidine groups is 1. The van der Waals surface area contributed by atoms with E-state index in [0.29, 0.717) is 5.41 Å². The summed E-state index contributed by atoms with van der Waals surface area (Å²) in [6.45, 7) is 6.31. The van der Waals surface area contributed by atoms with E-state index in [4.69, 9.17) is 0 Å². The van der Waals surface area contributed by atoms with Crippen LogP contribution in [-0.4, -0.2) is 26.1 Å². The second-order valence-electron chi connectivity index (χ2n) is 5.45. The molecule has 0 aromatic heterocycles. The van der Waals surface area contributed by atoms with E-state index in [1.165, 1.54) is 24.0 Å². The highest BCUT2D eigenvalue weighted by atomic mass is 15.2. The Hall–Kier alpha value is -1.51. The molecule has 0 heterocycles. The predicted octanol–water partition coefficient (Wildman–Crippen LogP) is 2.60. The van der Waals surface area contributed by atoms with E-state index in [-0.39, 0.29) is 0 Å². The van der Waals surface area contributed by atoms with Crippen LogP contribution in [0.25, 0.3) is 0 Å². The molecule has 2 N–H and O–H groups in total. The van der Waals surface area contributed by atoms with Gasteiger partial charge in [-0.05, 0) is 37.3 Å². The minimum atomic E-state index is 0.329. The van der Waals surface area contributed by atoms with E-state index in [0.717, 1.165) is 25.5 Å². The van der Waals surface area contributed by atoms with Crippen molar-refractivity contribution in [2.45, 2.75) is 38.5 Å². The fourth-order valence-corrected chi connectivity index (χ4v) is 2.58. The van der Waals surface area contributed by atoms with Crippen LogP contribution in [0.2, 0.25) is 0 Å². The van der Waals surface area contributed by atoms with Crippen molar-refractivity contribution in [2.75, 3.05) is 20.1 Å². The minimum Gasteiger partial charge on any atom is -0.356 e. The molecule has 0 saturated heterocycles. The average molecular weight is 259 g/mol. The van der Waals surface area contributed by atoms with Crippen LogP contribution < -0.4 is 10.6 Å². The monoisotopic (exact) mass is 259 g/mol. The molecule has 0 bridgehead atoms. The molecular weight excluding hydrogens is 234 g/mol. The van der Waals surface area contributed by atoms with E-state index in [2.05, 4.69) is 53.7 Å². The molecule has 0 spiro atoms. The van der Waals surface area contributed by atoms with Crippen LogP contribution in [0.3, 0.4) is 0 Å². The van der Waals surface area contributed by atoms with Crippen molar-refractivity contribution < 1.29 is 0 Å². The largest absolute Gasteiger partial charge is 0.356 e. The van der Waals surface area contributed by atoms with Crippen molar-refractivity contribution in [1.82, 2.24) is 10.6 Å². The summed E-state index contributed by atoms with van der Waals surface area (Å²) >= 11 is 0. The lowest BCUT2D eigenvalue weighted by molar-refractivity contribution is 0.641. The third-order valence-electron chi connectivity index (χ3n) is 3.93. The predicted molar refractivity (Wildman–Crippen MR) is 81.7 cm³/mol. The highest BCUT2D eigenvalue weighted by Crippen LogP contribution is 2.48. The molecule has 1 fully saturated rings. The molecule has 0 unspecified atom stereocenters. The number of aryl methyl sites for hydroxylation is 1. The Morgan fingerprint density at radius 1 is 1.26 bits per heavy atom. The molecule has 1 saturated carbocycles. The summed E-state index contributed by atoms with van der Waals surface area (Å²) in [5, 5.41) is 6.80. The number of benzene rings is 1. The highest BCUT2D eigenvalue weighted by Gasteiger charge is 2.44. The first kappa shape index (κ1) is 13.9. The molecule has 104 valence electrons. The molecular formula is C16H25N3. The van der Waals surface area contributed by atoms with Crippen LogP contribution >= 0.6 is 0 Å². The molecule has 0 amide bonds. The summed E-state index contributed by atoms with van der Waals surface area (Å²) < 4.78 is 0. The minimum absolute atomic E-state index is 0.329. The van der Waals surface area contributed by atoms with Crippen molar-refractivity contribution >= 4 is 5.96 Å². The van der Waals surface area contributed by atoms with Gasteiger partial charge < -0.3 is 10.6 Å². The van der Waals surface area contributed by atoms with Crippen LogP contribution in [0.15, 0.2) is 29.3 Å². The maximum Gasteiger partial charge on any atom is 0.191 e. The van der Waals surface area contributed by atoms with Gasteiger partial charge in [0.2, 0.25) is 0 Å². The fraction of sp³-hybridized carbons (Fsp3) is 0.562. The Balaban J connectivity index is 1.97. The lowest BCUT2D eigenvalue weighted by Crippen LogP contribution is -2.41. The number of hydrogen-bond donors (Lipinski definition) is 2. The lowest BCUT2D eigenvalue weighted by atomic mass is 9.92. The Morgan fingerprint density at radius 2 is 2.00 bits per heavy atom. The van der Waals surface area contributed by atoms with E-state index in [1.807, 2.05) is 7.05 Å². The van der Waals surface area contributed by atoms with Gasteiger partial charge in [-0.25, -0.2) is 0 Å². The standard InChI is InChI=1S/C16H25N3/c1-4-11-18-15(17-3)19-12-16(9-10-16)14-8-6-5-7-13(14)2/h5-8H,4,9-12H2,1-3H3,(H2,17,18,19). The summed E-state index contributed by atoms with van der Waals surface area (Å²) in [4.78, 5) is 4.27. The molecule has 0 atom stereocenters. The van der Waals surface area contributed by atoms with Gasteiger partial charge in [0.15, 0.2) is 5.96 Å². The first-order valence-electron chi connectivity index (χ1n) is 7.22. The highest BCUT2D eigenvalue weighted by molar-refractivity contribution is 5.79. The van der Waals surface area contributed by atoms with Crippen LogP contribution in [0.1, 0.15) is 37.3 Å². The zero-order valence-corrected chi connectivity index (χ0v) is 12.3. The van der Waals surface area contributed by atoms with Gasteiger partial charge in [0.05, 0.1) is 0 Å². The third kappa shape index (κ3) is 3.28. The zero-order chi connectivity index (χ0) is 13.7. The Bertz CT molecular complexity index is 447. The molecule has 1 aromatic carbocycles. The normalized spacial score (nSPS) is 17.1. The van der Waals surface area contributed by atoms with Crippen molar-refractivity contribution in [3.63, 3.8) is 0 Å². The SMILES string of the molecule is CCCNC(=NC)NCC1(c2ccccc2C)CC1. The van der Waals surface area contributed by atoms with Gasteiger partial charge in [0, 0.05) is 25.6 Å². The average Bonchev–Trinajstić information content (AvgIpc) is 3.20. The van der Waals surface area contributed by atoms with Gasteiger partial charge in [-0.15, -0.1) is 0 Å². The van der Waals surface area contributed by atoms with Crippen LogP contribution in [0.5, 0.6) is 0 Å². The van der Waals surface area contributed by atoms with Gasteiger partial charge in [-0.1, -0.05) is 31.2 Å². The first-order valence-corrected chi connectivity index (χ1v) is 7.22. The molecule has 19 heavy (non-hydrogen) atoms. The van der Waals surface area contributed by atoms with Crippen LogP contribution in [0.4, 0.5) is 0 Å². The van der Waals surface area contributed by atoms with E-state index in [9.17, 15) is 0 Å². The van der Waals surface area contributed by atoms with Gasteiger partial charge in [-0.3, -0.25) is 4.99 Å². The van der Waals surface area contributed by atoms with E-state index in [1.54, 1.807) is 0 Å². The fourth-order valence-electron chi connectivity index (χ4n) is 2.58. The Labute approximate surface area is 116 Å². The molecule has 0 radical (unpaired) electrons. The first-order chi connectivity index (χ1) is 9.22. The molecule has 1 aliphatic rings. The van der Waals surface area contributed by atoms with Gasteiger partial charge in [-0.2, -0.15) is 0 Å². The number of nitrogens with zero attached hydrogens (tertiary/aromatic N) is 1. The topological polar surface area (TPSA) is 36.4 Å². The van der Waals surface area contributed by atoms with Crippen molar-refractivity contribution in [3.05, 3.63) is 35.4 Å². The van der Waals surface area contributed by atoms with Crippen molar-refractivity contribution in [2.24, 2.45) is 4.99 Å². The molecule has 2 rings (SSSR count). The van der Waals surface area contributed by atoms with Crippen molar-refractivity contribution in [3.8, 4) is 0 Å². The molecule has 3 heteroatoms. The summed E-state index contributed by atoms with van der Waals surface area (Å²) in [5.41, 5.74) is 3.22.